The van der Waals surface area contributed by atoms with Gasteiger partial charge in [-0.05, 0) is 25.5 Å². The zero-order chi connectivity index (χ0) is 13.5. The van der Waals surface area contributed by atoms with Crippen molar-refractivity contribution < 1.29 is 14.7 Å². The average Bonchev–Trinajstić information content (AvgIpc) is 2.37. The van der Waals surface area contributed by atoms with Gasteiger partial charge in [0, 0.05) is 11.6 Å². The molecule has 0 saturated heterocycles. The maximum atomic E-state index is 8.69. The molecule has 5 heteroatoms. The summed E-state index contributed by atoms with van der Waals surface area (Å²) in [5.74, 6) is 1.29. The number of nitrogens with zero attached hydrogens (tertiary/aromatic N) is 1. The van der Waals surface area contributed by atoms with Gasteiger partial charge in [0.15, 0.2) is 5.84 Å². The number of oxime groups is 1. The van der Waals surface area contributed by atoms with Crippen molar-refractivity contribution in [1.82, 2.24) is 0 Å². The van der Waals surface area contributed by atoms with E-state index >= 15 is 0 Å². The van der Waals surface area contributed by atoms with E-state index in [0.717, 1.165) is 12.8 Å². The van der Waals surface area contributed by atoms with Crippen molar-refractivity contribution in [2.45, 2.75) is 32.8 Å². The molecule has 0 radical (unpaired) electrons. The van der Waals surface area contributed by atoms with Crippen molar-refractivity contribution in [2.75, 3.05) is 7.11 Å². The number of amidine groups is 1. The van der Waals surface area contributed by atoms with Gasteiger partial charge in [0.05, 0.1) is 13.2 Å². The van der Waals surface area contributed by atoms with Crippen molar-refractivity contribution in [3.63, 3.8) is 0 Å². The predicted octanol–water partition coefficient (Wildman–Crippen LogP) is 2.36. The first-order valence-electron chi connectivity index (χ1n) is 5.94. The maximum absolute atomic E-state index is 8.69. The molecule has 1 unspecified atom stereocenters. The molecule has 0 fully saturated rings. The lowest BCUT2D eigenvalue weighted by atomic mass is 10.1. The number of benzene rings is 1. The summed E-state index contributed by atoms with van der Waals surface area (Å²) in [6, 6.07) is 5.19. The molecule has 0 spiro atoms. The molecule has 0 aromatic heterocycles. The first-order chi connectivity index (χ1) is 8.60. The third kappa shape index (κ3) is 3.84. The van der Waals surface area contributed by atoms with Crippen LogP contribution in [0.4, 0.5) is 0 Å². The summed E-state index contributed by atoms with van der Waals surface area (Å²) in [5, 5.41) is 11.7. The lowest BCUT2D eigenvalue weighted by molar-refractivity contribution is 0.209. The SMILES string of the molecule is CCCC(C)Oc1cc(OC)cc(/C(N)=N/O)c1. The van der Waals surface area contributed by atoms with Crippen LogP contribution in [0, 0.1) is 0 Å². The Morgan fingerprint density at radius 1 is 1.39 bits per heavy atom. The number of ether oxygens (including phenoxy) is 2. The molecule has 0 saturated carbocycles. The molecule has 3 N–H and O–H groups in total. The van der Waals surface area contributed by atoms with Gasteiger partial charge in [-0.2, -0.15) is 0 Å². The standard InChI is InChI=1S/C13H20N2O3/c1-4-5-9(2)18-12-7-10(13(14)15-16)6-11(8-12)17-3/h6-9,16H,4-5H2,1-3H3,(H2,14,15). The third-order valence-electron chi connectivity index (χ3n) is 2.55. The Labute approximate surface area is 107 Å². The Hall–Kier alpha value is -1.91. The number of methoxy groups -OCH3 is 1. The van der Waals surface area contributed by atoms with E-state index in [1.54, 1.807) is 25.3 Å². The second-order valence-electron chi connectivity index (χ2n) is 4.10. The van der Waals surface area contributed by atoms with Gasteiger partial charge in [-0.1, -0.05) is 18.5 Å². The molecule has 0 aliphatic carbocycles. The maximum Gasteiger partial charge on any atom is 0.170 e. The van der Waals surface area contributed by atoms with Crippen LogP contribution in [0.25, 0.3) is 0 Å². The molecule has 0 bridgehead atoms. The van der Waals surface area contributed by atoms with Crippen LogP contribution < -0.4 is 15.2 Å². The number of rotatable bonds is 6. The highest BCUT2D eigenvalue weighted by molar-refractivity contribution is 5.97. The Kier molecular flexibility index (Phi) is 5.30. The quantitative estimate of drug-likeness (QED) is 0.352. The second kappa shape index (κ2) is 6.74. The van der Waals surface area contributed by atoms with Crippen molar-refractivity contribution >= 4 is 5.84 Å². The lowest BCUT2D eigenvalue weighted by Gasteiger charge is -2.15. The number of nitrogens with two attached hydrogens (primary N) is 1. The average molecular weight is 252 g/mol. The molecule has 0 amide bonds. The second-order valence-corrected chi connectivity index (χ2v) is 4.10. The molecule has 100 valence electrons. The summed E-state index contributed by atoms with van der Waals surface area (Å²) >= 11 is 0. The van der Waals surface area contributed by atoms with Gasteiger partial charge in [-0.15, -0.1) is 0 Å². The third-order valence-corrected chi connectivity index (χ3v) is 2.55. The van der Waals surface area contributed by atoms with E-state index in [-0.39, 0.29) is 11.9 Å². The molecule has 1 rings (SSSR count). The summed E-state index contributed by atoms with van der Waals surface area (Å²) in [5.41, 5.74) is 6.13. The first-order valence-corrected chi connectivity index (χ1v) is 5.94. The van der Waals surface area contributed by atoms with Gasteiger partial charge in [0.2, 0.25) is 0 Å². The van der Waals surface area contributed by atoms with Crippen LogP contribution in [0.5, 0.6) is 11.5 Å². The zero-order valence-corrected chi connectivity index (χ0v) is 11.0. The van der Waals surface area contributed by atoms with E-state index in [9.17, 15) is 0 Å². The molecule has 1 atom stereocenters. The van der Waals surface area contributed by atoms with Gasteiger partial charge in [-0.25, -0.2) is 0 Å². The Morgan fingerprint density at radius 2 is 2.06 bits per heavy atom. The van der Waals surface area contributed by atoms with E-state index in [4.69, 9.17) is 20.4 Å². The zero-order valence-electron chi connectivity index (χ0n) is 11.0. The van der Waals surface area contributed by atoms with Gasteiger partial charge in [-0.3, -0.25) is 0 Å². The summed E-state index contributed by atoms with van der Waals surface area (Å²) in [4.78, 5) is 0. The topological polar surface area (TPSA) is 77.1 Å². The van der Waals surface area contributed by atoms with Crippen LogP contribution in [-0.2, 0) is 0 Å². The molecule has 0 aliphatic heterocycles. The van der Waals surface area contributed by atoms with E-state index in [1.165, 1.54) is 0 Å². The van der Waals surface area contributed by atoms with Crippen LogP contribution >= 0.6 is 0 Å². The highest BCUT2D eigenvalue weighted by Gasteiger charge is 2.08. The van der Waals surface area contributed by atoms with E-state index in [1.807, 2.05) is 6.92 Å². The highest BCUT2D eigenvalue weighted by atomic mass is 16.5. The molecule has 1 aromatic carbocycles. The van der Waals surface area contributed by atoms with E-state index in [2.05, 4.69) is 12.1 Å². The predicted molar refractivity (Wildman–Crippen MR) is 70.5 cm³/mol. The van der Waals surface area contributed by atoms with Crippen molar-refractivity contribution in [3.05, 3.63) is 23.8 Å². The molecule has 18 heavy (non-hydrogen) atoms. The van der Waals surface area contributed by atoms with Gasteiger partial charge >= 0.3 is 0 Å². The van der Waals surface area contributed by atoms with Crippen LogP contribution in [0.1, 0.15) is 32.3 Å². The summed E-state index contributed by atoms with van der Waals surface area (Å²) in [6.45, 7) is 4.11. The minimum atomic E-state index is 0.0295. The largest absolute Gasteiger partial charge is 0.497 e. The number of hydrogen-bond donors (Lipinski definition) is 2. The molecule has 1 aromatic rings. The van der Waals surface area contributed by atoms with Crippen LogP contribution in [0.2, 0.25) is 0 Å². The minimum Gasteiger partial charge on any atom is -0.497 e. The Bertz CT molecular complexity index is 419. The van der Waals surface area contributed by atoms with E-state index < -0.39 is 0 Å². The van der Waals surface area contributed by atoms with Crippen LogP contribution in [0.3, 0.4) is 0 Å². The molecular formula is C13H20N2O3. The monoisotopic (exact) mass is 252 g/mol. The number of hydrogen-bond acceptors (Lipinski definition) is 4. The summed E-state index contributed by atoms with van der Waals surface area (Å²) in [7, 11) is 1.56. The minimum absolute atomic E-state index is 0.0295. The van der Waals surface area contributed by atoms with Crippen molar-refractivity contribution in [3.8, 4) is 11.5 Å². The smallest absolute Gasteiger partial charge is 0.170 e. The van der Waals surface area contributed by atoms with Crippen molar-refractivity contribution in [2.24, 2.45) is 10.9 Å². The van der Waals surface area contributed by atoms with Gasteiger partial charge in [0.25, 0.3) is 0 Å². The van der Waals surface area contributed by atoms with Crippen molar-refractivity contribution in [1.29, 1.82) is 0 Å². The first kappa shape index (κ1) is 14.2. The lowest BCUT2D eigenvalue weighted by Crippen LogP contribution is -2.15. The summed E-state index contributed by atoms with van der Waals surface area (Å²) < 4.78 is 10.9. The Balaban J connectivity index is 2.97. The van der Waals surface area contributed by atoms with Crippen LogP contribution in [-0.4, -0.2) is 24.3 Å². The van der Waals surface area contributed by atoms with Gasteiger partial charge < -0.3 is 20.4 Å². The fraction of sp³-hybridized carbons (Fsp3) is 0.462. The molecule has 0 aliphatic rings. The van der Waals surface area contributed by atoms with E-state index in [0.29, 0.717) is 17.1 Å². The molecule has 0 heterocycles. The molecular weight excluding hydrogens is 232 g/mol. The molecule has 5 nitrogen and oxygen atoms in total. The fourth-order valence-corrected chi connectivity index (χ4v) is 1.66. The fourth-order valence-electron chi connectivity index (χ4n) is 1.66. The van der Waals surface area contributed by atoms with Gasteiger partial charge in [0.1, 0.15) is 11.5 Å². The summed E-state index contributed by atoms with van der Waals surface area (Å²) in [6.07, 6.45) is 2.14. The normalized spacial score (nSPS) is 13.2. The van der Waals surface area contributed by atoms with Crippen LogP contribution in [0.15, 0.2) is 23.4 Å². The highest BCUT2D eigenvalue weighted by Crippen LogP contribution is 2.24. The Morgan fingerprint density at radius 3 is 2.61 bits per heavy atom.